The Morgan fingerprint density at radius 2 is 1.93 bits per heavy atom. The maximum absolute atomic E-state index is 5.73. The van der Waals surface area contributed by atoms with Crippen LogP contribution in [0.15, 0.2) is 18.5 Å². The molecule has 1 aromatic rings. The van der Waals surface area contributed by atoms with Crippen LogP contribution in [0.25, 0.3) is 0 Å². The number of hydrogen-bond donors (Lipinski definition) is 1. The summed E-state index contributed by atoms with van der Waals surface area (Å²) < 4.78 is 0. The second-order valence-corrected chi connectivity index (χ2v) is 4.11. The fourth-order valence-corrected chi connectivity index (χ4v) is 2.20. The van der Waals surface area contributed by atoms with E-state index in [0.717, 1.165) is 13.1 Å². The average Bonchev–Trinajstić information content (AvgIpc) is 2.57. The van der Waals surface area contributed by atoms with Crippen molar-refractivity contribution in [3.05, 3.63) is 24.0 Å². The summed E-state index contributed by atoms with van der Waals surface area (Å²) in [5, 5.41) is 0. The molecule has 1 saturated heterocycles. The first-order chi connectivity index (χ1) is 7.42. The van der Waals surface area contributed by atoms with Crippen molar-refractivity contribution in [1.29, 1.82) is 0 Å². The lowest BCUT2D eigenvalue weighted by Gasteiger charge is -2.24. The number of anilines is 1. The van der Waals surface area contributed by atoms with E-state index in [4.69, 9.17) is 5.73 Å². The summed E-state index contributed by atoms with van der Waals surface area (Å²) in [6, 6.07) is 2.09. The van der Waals surface area contributed by atoms with E-state index >= 15 is 0 Å². The molecule has 1 aromatic heterocycles. The molecular weight excluding hydrogens is 186 g/mol. The predicted molar refractivity (Wildman–Crippen MR) is 62.8 cm³/mol. The minimum atomic E-state index is 0.583. The Hall–Kier alpha value is -1.09. The van der Waals surface area contributed by atoms with Crippen LogP contribution < -0.4 is 10.6 Å². The van der Waals surface area contributed by atoms with Crippen LogP contribution in [0.4, 0.5) is 5.69 Å². The highest BCUT2D eigenvalue weighted by Crippen LogP contribution is 2.22. The number of nitrogens with two attached hydrogens (primary N) is 1. The van der Waals surface area contributed by atoms with Crippen molar-refractivity contribution >= 4 is 5.69 Å². The summed E-state index contributed by atoms with van der Waals surface area (Å²) in [4.78, 5) is 6.58. The molecule has 0 amide bonds. The molecule has 3 heteroatoms. The first-order valence-electron chi connectivity index (χ1n) is 5.79. The molecule has 82 valence electrons. The third kappa shape index (κ3) is 2.48. The van der Waals surface area contributed by atoms with E-state index in [1.807, 2.05) is 12.4 Å². The van der Waals surface area contributed by atoms with Gasteiger partial charge in [0.2, 0.25) is 0 Å². The van der Waals surface area contributed by atoms with Crippen LogP contribution in [0, 0.1) is 0 Å². The largest absolute Gasteiger partial charge is 0.371 e. The standard InChI is InChI=1S/C12H19N3/c13-9-11-10-14-6-5-12(11)15-7-3-1-2-4-8-15/h5-6,10H,1-4,7-9,13H2. The molecule has 2 rings (SSSR count). The molecule has 1 aliphatic rings. The van der Waals surface area contributed by atoms with E-state index in [0.29, 0.717) is 6.54 Å². The van der Waals surface area contributed by atoms with Crippen LogP contribution in [0.2, 0.25) is 0 Å². The maximum atomic E-state index is 5.73. The molecule has 0 bridgehead atoms. The van der Waals surface area contributed by atoms with Crippen LogP contribution >= 0.6 is 0 Å². The van der Waals surface area contributed by atoms with Gasteiger partial charge in [0.05, 0.1) is 0 Å². The lowest BCUT2D eigenvalue weighted by Crippen LogP contribution is -2.25. The third-order valence-electron chi connectivity index (χ3n) is 3.04. The maximum Gasteiger partial charge on any atom is 0.0442 e. The van der Waals surface area contributed by atoms with Gasteiger partial charge in [0, 0.05) is 43.3 Å². The van der Waals surface area contributed by atoms with Crippen LogP contribution in [0.1, 0.15) is 31.2 Å². The smallest absolute Gasteiger partial charge is 0.0442 e. The Bertz CT molecular complexity index is 303. The number of rotatable bonds is 2. The lowest BCUT2D eigenvalue weighted by atomic mass is 10.2. The Labute approximate surface area is 91.3 Å². The van der Waals surface area contributed by atoms with Gasteiger partial charge in [0.1, 0.15) is 0 Å². The number of hydrogen-bond acceptors (Lipinski definition) is 3. The monoisotopic (exact) mass is 205 g/mol. The Morgan fingerprint density at radius 1 is 1.20 bits per heavy atom. The first kappa shape index (κ1) is 10.4. The quantitative estimate of drug-likeness (QED) is 0.802. The fraction of sp³-hybridized carbons (Fsp3) is 0.583. The van der Waals surface area contributed by atoms with Crippen LogP contribution in [0.5, 0.6) is 0 Å². The van der Waals surface area contributed by atoms with Crippen molar-refractivity contribution in [2.24, 2.45) is 5.73 Å². The molecule has 1 fully saturated rings. The van der Waals surface area contributed by atoms with Gasteiger partial charge < -0.3 is 10.6 Å². The molecule has 2 heterocycles. The van der Waals surface area contributed by atoms with Crippen LogP contribution in [0.3, 0.4) is 0 Å². The van der Waals surface area contributed by atoms with Crippen molar-refractivity contribution in [2.75, 3.05) is 18.0 Å². The van der Waals surface area contributed by atoms with E-state index in [1.165, 1.54) is 36.9 Å². The first-order valence-corrected chi connectivity index (χ1v) is 5.79. The second kappa shape index (κ2) is 5.12. The molecule has 0 spiro atoms. The van der Waals surface area contributed by atoms with Gasteiger partial charge in [-0.25, -0.2) is 0 Å². The molecule has 0 aromatic carbocycles. The van der Waals surface area contributed by atoms with Gasteiger partial charge >= 0.3 is 0 Å². The molecule has 2 N–H and O–H groups in total. The molecule has 0 saturated carbocycles. The zero-order valence-corrected chi connectivity index (χ0v) is 9.15. The fourth-order valence-electron chi connectivity index (χ4n) is 2.20. The Balaban J connectivity index is 2.18. The normalized spacial score (nSPS) is 17.5. The van der Waals surface area contributed by atoms with Crippen molar-refractivity contribution in [1.82, 2.24) is 4.98 Å². The van der Waals surface area contributed by atoms with E-state index in [2.05, 4.69) is 16.0 Å². The van der Waals surface area contributed by atoms with Gasteiger partial charge in [-0.2, -0.15) is 0 Å². The highest BCUT2D eigenvalue weighted by molar-refractivity contribution is 5.52. The molecular formula is C12H19N3. The number of aromatic nitrogens is 1. The molecule has 15 heavy (non-hydrogen) atoms. The average molecular weight is 205 g/mol. The second-order valence-electron chi connectivity index (χ2n) is 4.11. The molecule has 3 nitrogen and oxygen atoms in total. The summed E-state index contributed by atoms with van der Waals surface area (Å²) in [7, 11) is 0. The summed E-state index contributed by atoms with van der Waals surface area (Å²) >= 11 is 0. The van der Waals surface area contributed by atoms with Gasteiger partial charge in [-0.15, -0.1) is 0 Å². The Morgan fingerprint density at radius 3 is 2.60 bits per heavy atom. The van der Waals surface area contributed by atoms with Gasteiger partial charge in [-0.1, -0.05) is 12.8 Å². The van der Waals surface area contributed by atoms with Crippen LogP contribution in [-0.4, -0.2) is 18.1 Å². The third-order valence-corrected chi connectivity index (χ3v) is 3.04. The SMILES string of the molecule is NCc1cnccc1N1CCCCCC1. The van der Waals surface area contributed by atoms with E-state index in [1.54, 1.807) is 0 Å². The van der Waals surface area contributed by atoms with Gasteiger partial charge in [0.25, 0.3) is 0 Å². The van der Waals surface area contributed by atoms with Crippen molar-refractivity contribution < 1.29 is 0 Å². The number of pyridine rings is 1. The van der Waals surface area contributed by atoms with Crippen molar-refractivity contribution in [3.63, 3.8) is 0 Å². The predicted octanol–water partition coefficient (Wildman–Crippen LogP) is 1.92. The highest BCUT2D eigenvalue weighted by atomic mass is 15.1. The van der Waals surface area contributed by atoms with Crippen LogP contribution in [-0.2, 0) is 6.54 Å². The van der Waals surface area contributed by atoms with Gasteiger partial charge in [0.15, 0.2) is 0 Å². The zero-order valence-electron chi connectivity index (χ0n) is 9.15. The molecule has 0 aliphatic carbocycles. The molecule has 1 aliphatic heterocycles. The molecule has 0 radical (unpaired) electrons. The zero-order chi connectivity index (χ0) is 10.5. The van der Waals surface area contributed by atoms with E-state index < -0.39 is 0 Å². The minimum absolute atomic E-state index is 0.583. The van der Waals surface area contributed by atoms with Gasteiger partial charge in [-0.05, 0) is 18.9 Å². The Kier molecular flexibility index (Phi) is 3.56. The van der Waals surface area contributed by atoms with Gasteiger partial charge in [-0.3, -0.25) is 4.98 Å². The summed E-state index contributed by atoms with van der Waals surface area (Å²) in [6.45, 7) is 2.91. The van der Waals surface area contributed by atoms with E-state index in [9.17, 15) is 0 Å². The van der Waals surface area contributed by atoms with Crippen molar-refractivity contribution in [3.8, 4) is 0 Å². The summed E-state index contributed by atoms with van der Waals surface area (Å²) in [5.74, 6) is 0. The highest BCUT2D eigenvalue weighted by Gasteiger charge is 2.12. The lowest BCUT2D eigenvalue weighted by molar-refractivity contribution is 0.726. The summed E-state index contributed by atoms with van der Waals surface area (Å²) in [5.41, 5.74) is 8.18. The molecule has 0 unspecified atom stereocenters. The minimum Gasteiger partial charge on any atom is -0.371 e. The summed E-state index contributed by atoms with van der Waals surface area (Å²) in [6.07, 6.45) is 9.07. The van der Waals surface area contributed by atoms with Crippen molar-refractivity contribution in [2.45, 2.75) is 32.2 Å². The van der Waals surface area contributed by atoms with E-state index in [-0.39, 0.29) is 0 Å². The number of nitrogens with zero attached hydrogens (tertiary/aromatic N) is 2. The topological polar surface area (TPSA) is 42.1 Å². The molecule has 0 atom stereocenters.